The lowest BCUT2D eigenvalue weighted by molar-refractivity contribution is 0.00517. The second-order valence-corrected chi connectivity index (χ2v) is 7.87. The summed E-state index contributed by atoms with van der Waals surface area (Å²) >= 11 is 5.20. The summed E-state index contributed by atoms with van der Waals surface area (Å²) in [7, 11) is 0. The molecule has 1 nitrogen and oxygen atoms in total. The van der Waals surface area contributed by atoms with Crippen LogP contribution in [0.15, 0.2) is 15.9 Å². The summed E-state index contributed by atoms with van der Waals surface area (Å²) in [6.45, 7) is 6.69. The highest BCUT2D eigenvalue weighted by molar-refractivity contribution is 9.10. The van der Waals surface area contributed by atoms with Gasteiger partial charge >= 0.3 is 0 Å². The minimum atomic E-state index is -0.506. The number of aliphatic hydroxyl groups is 1. The number of thiophene rings is 1. The van der Waals surface area contributed by atoms with E-state index in [0.717, 1.165) is 23.7 Å². The van der Waals surface area contributed by atoms with Gasteiger partial charge in [-0.2, -0.15) is 0 Å². The van der Waals surface area contributed by atoms with Crippen LogP contribution in [0.2, 0.25) is 0 Å². The fraction of sp³-hybridized carbons (Fsp3) is 0.692. The van der Waals surface area contributed by atoms with Crippen molar-refractivity contribution in [2.75, 3.05) is 0 Å². The van der Waals surface area contributed by atoms with Crippen LogP contribution in [0, 0.1) is 11.3 Å². The third-order valence-electron chi connectivity index (χ3n) is 3.66. The molecule has 1 aliphatic carbocycles. The minimum absolute atomic E-state index is 0.280. The van der Waals surface area contributed by atoms with E-state index < -0.39 is 5.60 Å². The molecule has 1 heterocycles. The Morgan fingerprint density at radius 2 is 2.25 bits per heavy atom. The van der Waals surface area contributed by atoms with Crippen molar-refractivity contribution in [3.8, 4) is 0 Å². The summed E-state index contributed by atoms with van der Waals surface area (Å²) in [6, 6.07) is 2.13. The highest BCUT2D eigenvalue weighted by Gasteiger charge is 2.47. The highest BCUT2D eigenvalue weighted by atomic mass is 79.9. The van der Waals surface area contributed by atoms with Gasteiger partial charge < -0.3 is 5.11 Å². The fourth-order valence-electron chi connectivity index (χ4n) is 3.08. The van der Waals surface area contributed by atoms with Crippen LogP contribution in [0.25, 0.3) is 0 Å². The van der Waals surface area contributed by atoms with Gasteiger partial charge in [0.1, 0.15) is 0 Å². The van der Waals surface area contributed by atoms with Crippen molar-refractivity contribution in [1.29, 1.82) is 0 Å². The Hall–Kier alpha value is 0.140. The molecule has 90 valence electrons. The van der Waals surface area contributed by atoms with Crippen LogP contribution >= 0.6 is 27.3 Å². The Morgan fingerprint density at radius 3 is 2.69 bits per heavy atom. The van der Waals surface area contributed by atoms with Crippen molar-refractivity contribution in [3.63, 3.8) is 0 Å². The lowest BCUT2D eigenvalue weighted by atomic mass is 9.86. The van der Waals surface area contributed by atoms with E-state index in [1.807, 2.05) is 0 Å². The van der Waals surface area contributed by atoms with E-state index in [1.165, 1.54) is 4.88 Å². The second-order valence-electron chi connectivity index (χ2n) is 5.96. The van der Waals surface area contributed by atoms with Gasteiger partial charge in [0.15, 0.2) is 0 Å². The third-order valence-corrected chi connectivity index (χ3v) is 5.36. The summed E-state index contributed by atoms with van der Waals surface area (Å²) in [5.74, 6) is 0.392. The third kappa shape index (κ3) is 2.52. The molecule has 1 aromatic heterocycles. The normalized spacial score (nSPS) is 33.2. The van der Waals surface area contributed by atoms with Crippen LogP contribution in [-0.2, 0) is 6.42 Å². The lowest BCUT2D eigenvalue weighted by Gasteiger charge is -2.28. The number of halogens is 1. The van der Waals surface area contributed by atoms with E-state index in [9.17, 15) is 5.11 Å². The minimum Gasteiger partial charge on any atom is -0.389 e. The van der Waals surface area contributed by atoms with Crippen molar-refractivity contribution < 1.29 is 5.11 Å². The smallest absolute Gasteiger partial charge is 0.0726 e. The summed E-state index contributed by atoms with van der Waals surface area (Å²) in [5, 5.41) is 12.8. The van der Waals surface area contributed by atoms with Crippen LogP contribution in [0.1, 0.15) is 38.5 Å². The van der Waals surface area contributed by atoms with Gasteiger partial charge in [-0.25, -0.2) is 0 Å². The quantitative estimate of drug-likeness (QED) is 0.866. The van der Waals surface area contributed by atoms with E-state index in [0.29, 0.717) is 5.92 Å². The molecule has 0 aromatic carbocycles. The standard InChI is InChI=1S/C13H19BrOS/c1-9-5-12(2,3)8-13(9,15)6-11-4-10(14)7-16-11/h4,7,9,15H,5-6,8H2,1-3H3. The summed E-state index contributed by atoms with van der Waals surface area (Å²) in [4.78, 5) is 1.28. The first-order valence-corrected chi connectivity index (χ1v) is 7.43. The summed E-state index contributed by atoms with van der Waals surface area (Å²) in [5.41, 5.74) is -0.226. The van der Waals surface area contributed by atoms with Crippen molar-refractivity contribution >= 4 is 27.3 Å². The van der Waals surface area contributed by atoms with Crippen LogP contribution < -0.4 is 0 Å². The molecule has 1 aromatic rings. The molecule has 1 aliphatic rings. The monoisotopic (exact) mass is 302 g/mol. The molecule has 2 unspecified atom stereocenters. The average molecular weight is 303 g/mol. The van der Waals surface area contributed by atoms with E-state index in [1.54, 1.807) is 11.3 Å². The van der Waals surface area contributed by atoms with Gasteiger partial charge in [-0.15, -0.1) is 11.3 Å². The predicted molar refractivity (Wildman–Crippen MR) is 72.9 cm³/mol. The number of rotatable bonds is 2. The molecule has 0 bridgehead atoms. The van der Waals surface area contributed by atoms with Gasteiger partial charge in [0.25, 0.3) is 0 Å². The van der Waals surface area contributed by atoms with Crippen molar-refractivity contribution in [3.05, 3.63) is 20.8 Å². The van der Waals surface area contributed by atoms with Crippen molar-refractivity contribution in [2.45, 2.75) is 45.6 Å². The molecule has 1 saturated carbocycles. The van der Waals surface area contributed by atoms with Gasteiger partial charge in [-0.1, -0.05) is 20.8 Å². The first-order chi connectivity index (χ1) is 7.31. The van der Waals surface area contributed by atoms with Gasteiger partial charge in [-0.05, 0) is 46.2 Å². The van der Waals surface area contributed by atoms with Crippen LogP contribution in [-0.4, -0.2) is 10.7 Å². The molecule has 0 saturated heterocycles. The van der Waals surface area contributed by atoms with Crippen molar-refractivity contribution in [1.82, 2.24) is 0 Å². The van der Waals surface area contributed by atoms with Gasteiger partial charge in [-0.3, -0.25) is 0 Å². The van der Waals surface area contributed by atoms with Crippen molar-refractivity contribution in [2.24, 2.45) is 11.3 Å². The maximum atomic E-state index is 10.7. The van der Waals surface area contributed by atoms with E-state index in [-0.39, 0.29) is 5.41 Å². The SMILES string of the molecule is CC1CC(C)(C)CC1(O)Cc1cc(Br)cs1. The van der Waals surface area contributed by atoms with Crippen LogP contribution in [0.3, 0.4) is 0 Å². The second kappa shape index (κ2) is 4.11. The molecule has 1 fully saturated rings. The topological polar surface area (TPSA) is 20.2 Å². The molecular formula is C13H19BrOS. The maximum Gasteiger partial charge on any atom is 0.0726 e. The molecule has 2 atom stereocenters. The number of hydrogen-bond acceptors (Lipinski definition) is 2. The molecule has 1 N–H and O–H groups in total. The molecule has 0 spiro atoms. The molecule has 3 heteroatoms. The Balaban J connectivity index is 2.14. The first-order valence-electron chi connectivity index (χ1n) is 5.76. The van der Waals surface area contributed by atoms with Gasteiger partial charge in [0.05, 0.1) is 5.60 Å². The van der Waals surface area contributed by atoms with Crippen LogP contribution in [0.4, 0.5) is 0 Å². The number of hydrogen-bond donors (Lipinski definition) is 1. The zero-order valence-electron chi connectivity index (χ0n) is 10.1. The molecule has 0 radical (unpaired) electrons. The Kier molecular flexibility index (Phi) is 3.23. The fourth-order valence-corrected chi connectivity index (χ4v) is 4.65. The largest absolute Gasteiger partial charge is 0.389 e. The molecule has 2 rings (SSSR count). The molecule has 0 aliphatic heterocycles. The lowest BCUT2D eigenvalue weighted by Crippen LogP contribution is -2.34. The van der Waals surface area contributed by atoms with Gasteiger partial charge in [0, 0.05) is 21.2 Å². The maximum absolute atomic E-state index is 10.7. The first kappa shape index (κ1) is 12.6. The average Bonchev–Trinajstić information content (AvgIpc) is 2.55. The highest BCUT2D eigenvalue weighted by Crippen LogP contribution is 2.49. The predicted octanol–water partition coefficient (Wildman–Crippen LogP) is 4.24. The van der Waals surface area contributed by atoms with E-state index in [2.05, 4.69) is 48.1 Å². The molecule has 0 amide bonds. The molecule has 16 heavy (non-hydrogen) atoms. The molecular weight excluding hydrogens is 284 g/mol. The van der Waals surface area contributed by atoms with Gasteiger partial charge in [0.2, 0.25) is 0 Å². The van der Waals surface area contributed by atoms with E-state index >= 15 is 0 Å². The Bertz CT molecular complexity index is 385. The van der Waals surface area contributed by atoms with Crippen LogP contribution in [0.5, 0.6) is 0 Å². The zero-order chi connectivity index (χ0) is 12.0. The Labute approximate surface area is 110 Å². The Morgan fingerprint density at radius 1 is 1.56 bits per heavy atom. The van der Waals surface area contributed by atoms with E-state index in [4.69, 9.17) is 0 Å². The zero-order valence-corrected chi connectivity index (χ0v) is 12.5. The summed E-state index contributed by atoms with van der Waals surface area (Å²) in [6.07, 6.45) is 2.83. The summed E-state index contributed by atoms with van der Waals surface area (Å²) < 4.78 is 1.13.